The fourth-order valence-corrected chi connectivity index (χ4v) is 1.41. The number of anilines is 2. The van der Waals surface area contributed by atoms with E-state index in [4.69, 9.17) is 5.73 Å². The lowest BCUT2D eigenvalue weighted by Crippen LogP contribution is -2.38. The Kier molecular flexibility index (Phi) is 2.02. The first-order chi connectivity index (χ1) is 6.93. The predicted molar refractivity (Wildman–Crippen MR) is 50.3 cm³/mol. The zero-order valence-corrected chi connectivity index (χ0v) is 7.80. The van der Waals surface area contributed by atoms with Gasteiger partial charge in [0.1, 0.15) is 5.54 Å². The summed E-state index contributed by atoms with van der Waals surface area (Å²) in [4.78, 5) is 3.72. The van der Waals surface area contributed by atoms with Gasteiger partial charge < -0.3 is 11.1 Å². The molecule has 2 rings (SSSR count). The maximum Gasteiger partial charge on any atom is 0.411 e. The molecular weight excluding hydrogens is 207 g/mol. The third-order valence-corrected chi connectivity index (χ3v) is 2.44. The van der Waals surface area contributed by atoms with Crippen LogP contribution in [0.3, 0.4) is 0 Å². The molecule has 1 aromatic rings. The molecule has 3 nitrogen and oxygen atoms in total. The molecule has 82 valence electrons. The highest BCUT2D eigenvalue weighted by molar-refractivity contribution is 5.54. The topological polar surface area (TPSA) is 50.9 Å². The van der Waals surface area contributed by atoms with E-state index in [-0.39, 0.29) is 12.8 Å². The number of nitrogens with zero attached hydrogens (tertiary/aromatic N) is 1. The van der Waals surface area contributed by atoms with Crippen LogP contribution in [0, 0.1) is 0 Å². The lowest BCUT2D eigenvalue weighted by atomic mass is 10.2. The van der Waals surface area contributed by atoms with Crippen LogP contribution in [0.15, 0.2) is 18.5 Å². The van der Waals surface area contributed by atoms with Gasteiger partial charge in [-0.2, -0.15) is 13.2 Å². The fraction of sp³-hybridized carbons (Fsp3) is 0.444. The van der Waals surface area contributed by atoms with Crippen molar-refractivity contribution in [2.24, 2.45) is 0 Å². The fourth-order valence-electron chi connectivity index (χ4n) is 1.41. The first-order valence-corrected chi connectivity index (χ1v) is 4.48. The first-order valence-electron chi connectivity index (χ1n) is 4.48. The average molecular weight is 217 g/mol. The summed E-state index contributed by atoms with van der Waals surface area (Å²) in [6.07, 6.45) is -1.30. The molecule has 0 aromatic carbocycles. The lowest BCUT2D eigenvalue weighted by Gasteiger charge is -2.21. The van der Waals surface area contributed by atoms with Crippen LogP contribution in [0.4, 0.5) is 24.5 Å². The molecule has 0 radical (unpaired) electrons. The van der Waals surface area contributed by atoms with E-state index in [0.717, 1.165) is 0 Å². The number of aromatic nitrogens is 1. The highest BCUT2D eigenvalue weighted by atomic mass is 19.4. The smallest absolute Gasteiger partial charge is 0.397 e. The molecule has 1 saturated carbocycles. The molecule has 0 spiro atoms. The highest BCUT2D eigenvalue weighted by Crippen LogP contribution is 2.51. The first kappa shape index (κ1) is 10.1. The standard InChI is InChI=1S/C9H10F3N3/c10-9(11,12)8(1-2-8)15-7-3-6(13)4-14-5-7/h3-5,15H,1-2,13H2. The number of pyridine rings is 1. The minimum Gasteiger partial charge on any atom is -0.397 e. The van der Waals surface area contributed by atoms with Crippen LogP contribution >= 0.6 is 0 Å². The third-order valence-electron chi connectivity index (χ3n) is 2.44. The number of hydrogen-bond acceptors (Lipinski definition) is 3. The maximum atomic E-state index is 12.6. The number of nitrogen functional groups attached to an aromatic ring is 1. The van der Waals surface area contributed by atoms with E-state index in [2.05, 4.69) is 10.3 Å². The quantitative estimate of drug-likeness (QED) is 0.798. The molecule has 0 saturated heterocycles. The lowest BCUT2D eigenvalue weighted by molar-refractivity contribution is -0.151. The van der Waals surface area contributed by atoms with Crippen LogP contribution in [0.2, 0.25) is 0 Å². The second-order valence-electron chi connectivity index (χ2n) is 3.71. The van der Waals surface area contributed by atoms with E-state index in [9.17, 15) is 13.2 Å². The molecule has 0 atom stereocenters. The molecule has 1 heterocycles. The monoisotopic (exact) mass is 217 g/mol. The van der Waals surface area contributed by atoms with Crippen LogP contribution in [0.5, 0.6) is 0 Å². The molecule has 0 amide bonds. The van der Waals surface area contributed by atoms with Crippen LogP contribution in [0.1, 0.15) is 12.8 Å². The third kappa shape index (κ3) is 1.84. The van der Waals surface area contributed by atoms with Crippen LogP contribution in [-0.4, -0.2) is 16.7 Å². The Morgan fingerprint density at radius 3 is 2.47 bits per heavy atom. The average Bonchev–Trinajstić information content (AvgIpc) is 2.84. The number of alkyl halides is 3. The van der Waals surface area contributed by atoms with Gasteiger partial charge in [-0.1, -0.05) is 0 Å². The molecule has 15 heavy (non-hydrogen) atoms. The van der Waals surface area contributed by atoms with Gasteiger partial charge in [-0.15, -0.1) is 0 Å². The van der Waals surface area contributed by atoms with Gasteiger partial charge in [0.25, 0.3) is 0 Å². The predicted octanol–water partition coefficient (Wildman–Crippen LogP) is 2.17. The zero-order chi connectivity index (χ0) is 11.1. The Morgan fingerprint density at radius 1 is 1.33 bits per heavy atom. The van der Waals surface area contributed by atoms with Gasteiger partial charge >= 0.3 is 6.18 Å². The van der Waals surface area contributed by atoms with Crippen molar-refractivity contribution in [3.05, 3.63) is 18.5 Å². The Balaban J connectivity index is 2.16. The summed E-state index contributed by atoms with van der Waals surface area (Å²) < 4.78 is 37.7. The summed E-state index contributed by atoms with van der Waals surface area (Å²) in [5.41, 5.74) is 4.32. The van der Waals surface area contributed by atoms with Crippen LogP contribution in [-0.2, 0) is 0 Å². The van der Waals surface area contributed by atoms with Gasteiger partial charge in [0.2, 0.25) is 0 Å². The van der Waals surface area contributed by atoms with Gasteiger partial charge in [0.05, 0.1) is 17.6 Å². The molecule has 1 aliphatic carbocycles. The Bertz CT molecular complexity index is 371. The van der Waals surface area contributed by atoms with E-state index in [1.165, 1.54) is 18.5 Å². The molecule has 0 bridgehead atoms. The normalized spacial score (nSPS) is 18.6. The summed E-state index contributed by atoms with van der Waals surface area (Å²) in [6.45, 7) is 0. The summed E-state index contributed by atoms with van der Waals surface area (Å²) in [6, 6.07) is 1.44. The SMILES string of the molecule is Nc1cncc(NC2(C(F)(F)F)CC2)c1. The van der Waals surface area contributed by atoms with Crippen molar-refractivity contribution in [1.29, 1.82) is 0 Å². The molecule has 1 aliphatic rings. The number of rotatable bonds is 2. The van der Waals surface area contributed by atoms with Crippen LogP contribution in [0.25, 0.3) is 0 Å². The Hall–Kier alpha value is -1.46. The van der Waals surface area contributed by atoms with E-state index >= 15 is 0 Å². The van der Waals surface area contributed by atoms with Crippen molar-refractivity contribution in [3.63, 3.8) is 0 Å². The largest absolute Gasteiger partial charge is 0.411 e. The van der Waals surface area contributed by atoms with Gasteiger partial charge in [-0.3, -0.25) is 4.98 Å². The van der Waals surface area contributed by atoms with Crippen molar-refractivity contribution in [2.75, 3.05) is 11.1 Å². The zero-order valence-electron chi connectivity index (χ0n) is 7.80. The molecule has 3 N–H and O–H groups in total. The van der Waals surface area contributed by atoms with Crippen molar-refractivity contribution in [2.45, 2.75) is 24.6 Å². The van der Waals surface area contributed by atoms with Crippen molar-refractivity contribution in [1.82, 2.24) is 4.98 Å². The van der Waals surface area contributed by atoms with Gasteiger partial charge in [0, 0.05) is 6.20 Å². The molecule has 1 aromatic heterocycles. The molecular formula is C9H10F3N3. The van der Waals surface area contributed by atoms with E-state index in [1.807, 2.05) is 0 Å². The number of nitrogens with two attached hydrogens (primary N) is 1. The number of nitrogens with one attached hydrogen (secondary N) is 1. The van der Waals surface area contributed by atoms with E-state index in [1.54, 1.807) is 0 Å². The minimum absolute atomic E-state index is 0.102. The Labute approximate surface area is 84.5 Å². The maximum absolute atomic E-state index is 12.6. The van der Waals surface area contributed by atoms with Gasteiger partial charge in [-0.25, -0.2) is 0 Å². The number of halogens is 3. The van der Waals surface area contributed by atoms with E-state index in [0.29, 0.717) is 11.4 Å². The molecule has 6 heteroatoms. The van der Waals surface area contributed by atoms with Crippen molar-refractivity contribution in [3.8, 4) is 0 Å². The van der Waals surface area contributed by atoms with Gasteiger partial charge in [-0.05, 0) is 18.9 Å². The minimum atomic E-state index is -4.22. The van der Waals surface area contributed by atoms with Gasteiger partial charge in [0.15, 0.2) is 0 Å². The summed E-state index contributed by atoms with van der Waals surface area (Å²) >= 11 is 0. The Morgan fingerprint density at radius 2 is 2.00 bits per heavy atom. The second-order valence-corrected chi connectivity index (χ2v) is 3.71. The molecule has 0 aliphatic heterocycles. The number of hydrogen-bond donors (Lipinski definition) is 2. The van der Waals surface area contributed by atoms with Crippen LogP contribution < -0.4 is 11.1 Å². The summed E-state index contributed by atoms with van der Waals surface area (Å²) in [7, 11) is 0. The van der Waals surface area contributed by atoms with Crippen molar-refractivity contribution >= 4 is 11.4 Å². The summed E-state index contributed by atoms with van der Waals surface area (Å²) in [5.74, 6) is 0. The van der Waals surface area contributed by atoms with Crippen molar-refractivity contribution < 1.29 is 13.2 Å². The van der Waals surface area contributed by atoms with E-state index < -0.39 is 11.7 Å². The second kappa shape index (κ2) is 3.01. The highest BCUT2D eigenvalue weighted by Gasteiger charge is 2.63. The molecule has 1 fully saturated rings. The summed E-state index contributed by atoms with van der Waals surface area (Å²) in [5, 5.41) is 2.44. The molecule has 0 unspecified atom stereocenters.